The van der Waals surface area contributed by atoms with Crippen molar-refractivity contribution in [3.05, 3.63) is 77.9 Å². The smallest absolute Gasteiger partial charge is 0.410 e. The number of aliphatic hydroxyl groups is 3. The quantitative estimate of drug-likeness (QED) is 0.00936. The second-order valence-electron chi connectivity index (χ2n) is 25.2. The van der Waals surface area contributed by atoms with E-state index in [-0.39, 0.29) is 119 Å². The summed E-state index contributed by atoms with van der Waals surface area (Å²) in [4.78, 5) is 137. The average molecular weight is 1310 g/mol. The van der Waals surface area contributed by atoms with Gasteiger partial charge in [0.15, 0.2) is 6.10 Å². The van der Waals surface area contributed by atoms with Gasteiger partial charge in [0, 0.05) is 82.2 Å². The first kappa shape index (κ1) is 77.8. The van der Waals surface area contributed by atoms with E-state index in [1.165, 1.54) is 24.2 Å². The minimum atomic E-state index is -1.23. The summed E-state index contributed by atoms with van der Waals surface area (Å²) >= 11 is 0. The number of esters is 1. The normalized spacial score (nSPS) is 24.9. The van der Waals surface area contributed by atoms with Crippen LogP contribution in [0.5, 0.6) is 0 Å². The van der Waals surface area contributed by atoms with Crippen LogP contribution in [0.1, 0.15) is 158 Å². The topological polar surface area (TPSA) is 370 Å². The molecular formula is C67H99N7O19. The van der Waals surface area contributed by atoms with Crippen LogP contribution in [0.25, 0.3) is 0 Å². The number of epoxide rings is 1. The summed E-state index contributed by atoms with van der Waals surface area (Å²) in [5.74, 6) is -4.17. The van der Waals surface area contributed by atoms with Crippen molar-refractivity contribution >= 4 is 65.4 Å². The third kappa shape index (κ3) is 25.3. The first-order valence-electron chi connectivity index (χ1n) is 32.2. The number of allylic oxidation sites excluding steroid dienone is 2. The van der Waals surface area contributed by atoms with Crippen LogP contribution < -0.4 is 21.7 Å². The molecule has 0 radical (unpaired) electrons. The number of hydrogen-bond donors (Lipinski definition) is 7. The molecule has 4 aliphatic heterocycles. The number of anilines is 1. The highest BCUT2D eigenvalue weighted by molar-refractivity contribution is 6.12. The fourth-order valence-electron chi connectivity index (χ4n) is 11.3. The van der Waals surface area contributed by atoms with Crippen LogP contribution in [0.15, 0.2) is 72.4 Å². The second-order valence-corrected chi connectivity index (χ2v) is 25.2. The maximum Gasteiger partial charge on any atom is 0.410 e. The van der Waals surface area contributed by atoms with E-state index >= 15 is 0 Å². The van der Waals surface area contributed by atoms with Crippen LogP contribution in [0, 0.1) is 17.8 Å². The molecule has 8 amide bonds. The number of nitrogens with two attached hydrogens (primary N) is 1. The van der Waals surface area contributed by atoms with E-state index in [9.17, 15) is 58.5 Å². The summed E-state index contributed by atoms with van der Waals surface area (Å²) in [5.41, 5.74) is 4.63. The van der Waals surface area contributed by atoms with Crippen LogP contribution in [-0.4, -0.2) is 189 Å². The van der Waals surface area contributed by atoms with Crippen molar-refractivity contribution in [2.45, 2.75) is 225 Å². The average Bonchev–Trinajstić information content (AvgIpc) is 1.54. The molecule has 4 heterocycles. The van der Waals surface area contributed by atoms with Crippen molar-refractivity contribution in [2.24, 2.45) is 23.5 Å². The number of nitrogens with one attached hydrogen (secondary N) is 3. The lowest BCUT2D eigenvalue weighted by molar-refractivity contribution is -0.192. The lowest BCUT2D eigenvalue weighted by atomic mass is 9.88. The number of benzene rings is 1. The predicted molar refractivity (Wildman–Crippen MR) is 339 cm³/mol. The monoisotopic (exact) mass is 1310 g/mol. The second kappa shape index (κ2) is 37.9. The number of unbranched alkanes of at least 4 members (excludes halogenated alkanes) is 3. The number of methoxy groups -OCH3 is 1. The highest BCUT2D eigenvalue weighted by Crippen LogP contribution is 2.38. The van der Waals surface area contributed by atoms with Gasteiger partial charge in [-0.25, -0.2) is 9.59 Å². The first-order valence-corrected chi connectivity index (χ1v) is 32.2. The number of imide groups is 1. The zero-order chi connectivity index (χ0) is 69.2. The third-order valence-corrected chi connectivity index (χ3v) is 17.3. The number of rotatable bonds is 30. The Morgan fingerprint density at radius 1 is 0.925 bits per heavy atom. The molecule has 0 aromatic heterocycles. The SMILES string of the molecule is CC[C@@H]1CN(C(=O)O[C@H]2/C=C/[C@H](C)[C@@H](/C(C)=C/C=C/[C@](C)(O)C[C@H]3O[C@@H]3[C@H](C)[C@@H](O)CC)OC(=O)C[C@H](O)CC[C@@]2(C)OC)CCN1C(=O)OCc1ccc(NC(=O)[C@H](CCCCC(N)=O)NC(=O)[C@@H](NC(=O)CCCCCN2C(=O)C=CC2=O)C(C)C)cc1.O=C=O. The molecule has 26 heteroatoms. The van der Waals surface area contributed by atoms with Crippen LogP contribution >= 0.6 is 0 Å². The fraction of sp³-hybridized carbons (Fsp3) is 0.642. The maximum absolute atomic E-state index is 14.2. The molecule has 1 aromatic rings. The molecule has 516 valence electrons. The van der Waals surface area contributed by atoms with Gasteiger partial charge in [0.1, 0.15) is 30.4 Å². The summed E-state index contributed by atoms with van der Waals surface area (Å²) in [6.45, 7) is 16.9. The molecule has 0 aliphatic carbocycles. The van der Waals surface area contributed by atoms with Crippen LogP contribution in [0.4, 0.5) is 15.3 Å². The van der Waals surface area contributed by atoms with E-state index < -0.39 is 95.5 Å². The number of hydrogen-bond acceptors (Lipinski definition) is 19. The van der Waals surface area contributed by atoms with Gasteiger partial charge in [-0.15, -0.1) is 0 Å². The van der Waals surface area contributed by atoms with Gasteiger partial charge in [0.2, 0.25) is 23.6 Å². The van der Waals surface area contributed by atoms with Gasteiger partial charge in [0.05, 0.1) is 42.5 Å². The Labute approximate surface area is 545 Å². The van der Waals surface area contributed by atoms with E-state index in [4.69, 9.17) is 39.0 Å². The number of primary amides is 1. The predicted octanol–water partition coefficient (Wildman–Crippen LogP) is 5.61. The Bertz CT molecular complexity index is 2830. The molecule has 1 aromatic carbocycles. The Morgan fingerprint density at radius 2 is 1.59 bits per heavy atom. The minimum absolute atomic E-state index is 0.0619. The van der Waals surface area contributed by atoms with E-state index in [0.717, 1.165) is 4.90 Å². The van der Waals surface area contributed by atoms with Crippen molar-refractivity contribution in [3.63, 3.8) is 0 Å². The van der Waals surface area contributed by atoms with E-state index in [1.54, 1.807) is 94.2 Å². The van der Waals surface area contributed by atoms with Crippen LogP contribution in [0.3, 0.4) is 0 Å². The maximum atomic E-state index is 14.2. The van der Waals surface area contributed by atoms with Crippen molar-refractivity contribution < 1.29 is 91.7 Å². The molecule has 13 atom stereocenters. The van der Waals surface area contributed by atoms with E-state index in [0.29, 0.717) is 68.2 Å². The minimum Gasteiger partial charge on any atom is -0.457 e. The van der Waals surface area contributed by atoms with Gasteiger partial charge in [0.25, 0.3) is 11.8 Å². The number of amides is 8. The Hall–Kier alpha value is -7.61. The summed E-state index contributed by atoms with van der Waals surface area (Å²) in [5, 5.41) is 40.9. The van der Waals surface area contributed by atoms with Crippen molar-refractivity contribution in [2.75, 3.05) is 38.6 Å². The summed E-state index contributed by atoms with van der Waals surface area (Å²) in [6, 6.07) is 4.14. The van der Waals surface area contributed by atoms with Crippen molar-refractivity contribution in [1.82, 2.24) is 25.3 Å². The Morgan fingerprint density at radius 3 is 2.22 bits per heavy atom. The number of carbonyl (C=O) groups excluding carboxylic acids is 11. The molecule has 5 rings (SSSR count). The van der Waals surface area contributed by atoms with E-state index in [1.807, 2.05) is 27.7 Å². The van der Waals surface area contributed by atoms with Gasteiger partial charge in [-0.05, 0) is 107 Å². The number of aliphatic hydroxyl groups excluding tert-OH is 2. The first-order chi connectivity index (χ1) is 44.0. The number of carbonyl (C=O) groups is 9. The highest BCUT2D eigenvalue weighted by Gasteiger charge is 2.47. The van der Waals surface area contributed by atoms with Gasteiger partial charge < -0.3 is 70.5 Å². The largest absolute Gasteiger partial charge is 0.457 e. The molecule has 2 fully saturated rings. The molecule has 0 saturated carbocycles. The zero-order valence-corrected chi connectivity index (χ0v) is 55.5. The lowest BCUT2D eigenvalue weighted by Crippen LogP contribution is -2.57. The summed E-state index contributed by atoms with van der Waals surface area (Å²) in [6.07, 6.45) is 10.6. The number of ether oxygens (including phenoxy) is 5. The van der Waals surface area contributed by atoms with E-state index in [2.05, 4.69) is 16.0 Å². The summed E-state index contributed by atoms with van der Waals surface area (Å²) in [7, 11) is 1.49. The molecule has 0 unspecified atom stereocenters. The molecular weight excluding hydrogens is 1210 g/mol. The van der Waals surface area contributed by atoms with Gasteiger partial charge in [-0.3, -0.25) is 38.5 Å². The van der Waals surface area contributed by atoms with Gasteiger partial charge >= 0.3 is 24.3 Å². The lowest BCUT2D eigenvalue weighted by Gasteiger charge is -2.41. The number of piperazine rings is 1. The third-order valence-electron chi connectivity index (χ3n) is 17.3. The van der Waals surface area contributed by atoms with Crippen LogP contribution in [-0.2, 0) is 73.4 Å². The number of cyclic esters (lactones) is 1. The molecule has 4 aliphatic rings. The van der Waals surface area contributed by atoms with Gasteiger partial charge in [-0.2, -0.15) is 9.59 Å². The standard InChI is InChI=1S/C66H99N7O17.CO2/c1-11-47-39-71(63(83)89-52-28-23-43(6)59(90-57(80)37-48(74)31-33-66(52,9)86-10)42(5)19-18-32-65(8,85)38-51-60(88-51)44(7)50(75)12-2)35-36-72(47)64(84)87-40-45-24-26-46(27-25-45)68-61(81)49(20-15-16-21-53(67)76)69-62(82)58(41(3)4)70-54(77)22-14-13-17-34-73-55(78)29-30-56(73)79;2-1-3/h18-19,23-30,32,41,43-44,47-52,58-60,74-75,85H,11-17,20-22,31,33-40H2,1-10H3,(H2,67,76)(H,68,81)(H,69,82)(H,70,77);/b28-23+,32-18+,42-19+;/t43-,44+,47+,48+,49-,50-,51+,52-,58-,59+,60+,65-,66+;/m0./s1. The molecule has 8 N–H and O–H groups in total. The number of nitrogens with zero attached hydrogens (tertiary/aromatic N) is 3. The van der Waals surface area contributed by atoms with Crippen molar-refractivity contribution in [1.29, 1.82) is 0 Å². The zero-order valence-electron chi connectivity index (χ0n) is 55.5. The molecule has 0 spiro atoms. The summed E-state index contributed by atoms with van der Waals surface area (Å²) < 4.78 is 29.8. The Balaban J connectivity index is 0.00000602. The molecule has 26 nitrogen and oxygen atoms in total. The van der Waals surface area contributed by atoms with Crippen molar-refractivity contribution in [3.8, 4) is 0 Å². The van der Waals surface area contributed by atoms with Gasteiger partial charge in [-0.1, -0.05) is 90.8 Å². The van der Waals surface area contributed by atoms with Crippen LogP contribution in [0.2, 0.25) is 0 Å². The molecule has 0 bridgehead atoms. The fourth-order valence-corrected chi connectivity index (χ4v) is 11.3. The molecule has 2 saturated heterocycles. The molecule has 93 heavy (non-hydrogen) atoms. The highest BCUT2D eigenvalue weighted by atomic mass is 16.6. The Kier molecular flexibility index (Phi) is 31.7.